The van der Waals surface area contributed by atoms with Crippen LogP contribution in [0.4, 0.5) is 5.69 Å². The van der Waals surface area contributed by atoms with Crippen LogP contribution in [0.1, 0.15) is 54.2 Å². The summed E-state index contributed by atoms with van der Waals surface area (Å²) >= 11 is 0. The molecule has 1 saturated carbocycles. The van der Waals surface area contributed by atoms with Gasteiger partial charge in [0.1, 0.15) is 11.4 Å². The van der Waals surface area contributed by atoms with Crippen molar-refractivity contribution in [2.75, 3.05) is 12.0 Å². The maximum absolute atomic E-state index is 13.8. The van der Waals surface area contributed by atoms with Crippen molar-refractivity contribution in [3.63, 3.8) is 0 Å². The molecule has 1 aliphatic heterocycles. The minimum absolute atomic E-state index is 0.00281. The van der Waals surface area contributed by atoms with Gasteiger partial charge in [-0.15, -0.1) is 0 Å². The summed E-state index contributed by atoms with van der Waals surface area (Å²) in [6.45, 7) is 0. The lowest BCUT2D eigenvalue weighted by molar-refractivity contribution is 0.0977. The maximum atomic E-state index is 13.8. The number of rotatable bonds is 5. The third kappa shape index (κ3) is 3.79. The molecule has 6 rings (SSSR count). The highest BCUT2D eigenvalue weighted by molar-refractivity contribution is 6.11. The van der Waals surface area contributed by atoms with Crippen molar-refractivity contribution in [3.8, 4) is 28.1 Å². The summed E-state index contributed by atoms with van der Waals surface area (Å²) in [6.07, 6.45) is 9.54. The fraction of sp³-hybridized carbons (Fsp3) is 0.276. The second kappa shape index (κ2) is 9.02. The van der Waals surface area contributed by atoms with Crippen LogP contribution in [0.25, 0.3) is 22.4 Å². The molecule has 0 bridgehead atoms. The lowest BCUT2D eigenvalue weighted by Gasteiger charge is -2.35. The number of carbonyl (C=O) groups is 1. The number of aromatic nitrogens is 3. The van der Waals surface area contributed by atoms with Crippen molar-refractivity contribution in [1.82, 2.24) is 15.2 Å². The van der Waals surface area contributed by atoms with Crippen LogP contribution < -0.4 is 9.64 Å². The topological polar surface area (TPSA) is 71.1 Å². The molecule has 2 aliphatic rings. The molecule has 35 heavy (non-hydrogen) atoms. The van der Waals surface area contributed by atoms with Gasteiger partial charge in [0.25, 0.3) is 5.91 Å². The van der Waals surface area contributed by atoms with E-state index in [9.17, 15) is 4.79 Å². The van der Waals surface area contributed by atoms with Crippen molar-refractivity contribution in [3.05, 3.63) is 84.3 Å². The number of hydrogen-bond donors (Lipinski definition) is 1. The van der Waals surface area contributed by atoms with Gasteiger partial charge < -0.3 is 4.74 Å². The Bertz CT molecular complexity index is 1320. The van der Waals surface area contributed by atoms with Crippen LogP contribution in [0.5, 0.6) is 5.75 Å². The van der Waals surface area contributed by atoms with Gasteiger partial charge in [-0.25, -0.2) is 0 Å². The first-order valence-corrected chi connectivity index (χ1v) is 12.3. The van der Waals surface area contributed by atoms with E-state index in [0.29, 0.717) is 11.6 Å². The normalized spacial score (nSPS) is 18.0. The Morgan fingerprint density at radius 2 is 1.66 bits per heavy atom. The fourth-order valence-electron chi connectivity index (χ4n) is 5.67. The minimum Gasteiger partial charge on any atom is -0.497 e. The van der Waals surface area contributed by atoms with E-state index < -0.39 is 0 Å². The zero-order valence-electron chi connectivity index (χ0n) is 19.8. The first-order valence-electron chi connectivity index (χ1n) is 12.3. The van der Waals surface area contributed by atoms with Crippen LogP contribution in [0.15, 0.2) is 73.1 Å². The van der Waals surface area contributed by atoms with Crippen molar-refractivity contribution in [2.45, 2.75) is 38.1 Å². The molecule has 0 saturated heterocycles. The Kier molecular flexibility index (Phi) is 5.57. The quantitative estimate of drug-likeness (QED) is 0.369. The summed E-state index contributed by atoms with van der Waals surface area (Å²) in [4.78, 5) is 20.0. The number of carbonyl (C=O) groups excluding carboxylic acids is 1. The number of hydrogen-bond acceptors (Lipinski definition) is 4. The molecule has 1 atom stereocenters. The maximum Gasteiger partial charge on any atom is 0.277 e. The second-order valence-corrected chi connectivity index (χ2v) is 9.40. The van der Waals surface area contributed by atoms with Crippen LogP contribution in [-0.2, 0) is 0 Å². The SMILES string of the molecule is COc1ccc(-c2n[nH]c3c2C(C2CCCCC2)N(c2ccc(-c4cccnc4)cc2)C3=O)cc1. The number of H-pyrrole nitrogens is 1. The number of nitrogens with zero attached hydrogens (tertiary/aromatic N) is 3. The molecular formula is C29H28N4O2. The lowest BCUT2D eigenvalue weighted by Crippen LogP contribution is -2.33. The van der Waals surface area contributed by atoms with Crippen LogP contribution in [0, 0.1) is 5.92 Å². The summed E-state index contributed by atoms with van der Waals surface area (Å²) in [7, 11) is 1.66. The molecule has 0 spiro atoms. The molecular weight excluding hydrogens is 436 g/mol. The van der Waals surface area contributed by atoms with Gasteiger partial charge in [0.2, 0.25) is 0 Å². The van der Waals surface area contributed by atoms with Crippen LogP contribution in [0.2, 0.25) is 0 Å². The lowest BCUT2D eigenvalue weighted by atomic mass is 9.80. The predicted octanol–water partition coefficient (Wildman–Crippen LogP) is 6.43. The van der Waals surface area contributed by atoms with E-state index >= 15 is 0 Å². The standard InChI is InChI=1S/C29H28N4O2/c1-35-24-15-11-20(12-16-24)26-25-27(32-31-26)29(34)33(28(25)21-6-3-2-4-7-21)23-13-9-19(10-14-23)22-8-5-17-30-18-22/h5,8-18,21,28H,2-4,6-7H2,1H3,(H,31,32). The number of methoxy groups -OCH3 is 1. The number of nitrogens with one attached hydrogen (secondary N) is 1. The average molecular weight is 465 g/mol. The number of aromatic amines is 1. The minimum atomic E-state index is -0.0297. The highest BCUT2D eigenvalue weighted by Crippen LogP contribution is 2.49. The van der Waals surface area contributed by atoms with E-state index in [2.05, 4.69) is 39.4 Å². The van der Waals surface area contributed by atoms with Crippen LogP contribution in [-0.4, -0.2) is 28.2 Å². The molecule has 1 fully saturated rings. The number of pyridine rings is 1. The van der Waals surface area contributed by atoms with Gasteiger partial charge in [-0.2, -0.15) is 5.10 Å². The second-order valence-electron chi connectivity index (χ2n) is 9.40. The Balaban J connectivity index is 1.41. The number of amides is 1. The van der Waals surface area contributed by atoms with Gasteiger partial charge in [-0.1, -0.05) is 37.5 Å². The van der Waals surface area contributed by atoms with Gasteiger partial charge in [0, 0.05) is 29.2 Å². The number of anilines is 1. The van der Waals surface area contributed by atoms with Gasteiger partial charge in [0.05, 0.1) is 18.8 Å². The molecule has 6 heteroatoms. The molecule has 1 unspecified atom stereocenters. The Hall–Kier alpha value is -3.93. The summed E-state index contributed by atoms with van der Waals surface area (Å²) in [6, 6.07) is 20.1. The third-order valence-corrected chi connectivity index (χ3v) is 7.41. The summed E-state index contributed by atoms with van der Waals surface area (Å²) in [5, 5.41) is 7.71. The molecule has 0 radical (unpaired) electrons. The largest absolute Gasteiger partial charge is 0.497 e. The highest BCUT2D eigenvalue weighted by atomic mass is 16.5. The van der Waals surface area contributed by atoms with E-state index in [0.717, 1.165) is 52.2 Å². The van der Waals surface area contributed by atoms with Crippen LogP contribution in [0.3, 0.4) is 0 Å². The zero-order chi connectivity index (χ0) is 23.8. The van der Waals surface area contributed by atoms with Crippen molar-refractivity contribution in [2.24, 2.45) is 5.92 Å². The summed E-state index contributed by atoms with van der Waals surface area (Å²) in [5.41, 5.74) is 6.56. The zero-order valence-corrected chi connectivity index (χ0v) is 19.8. The monoisotopic (exact) mass is 464 g/mol. The molecule has 6 nitrogen and oxygen atoms in total. The van der Waals surface area contributed by atoms with E-state index in [4.69, 9.17) is 4.74 Å². The van der Waals surface area contributed by atoms with Gasteiger partial charge >= 0.3 is 0 Å². The molecule has 2 aromatic carbocycles. The number of fused-ring (bicyclic) bond motifs is 1. The first kappa shape index (κ1) is 21.6. The number of ether oxygens (including phenoxy) is 1. The van der Waals surface area contributed by atoms with Crippen LogP contribution >= 0.6 is 0 Å². The fourth-order valence-corrected chi connectivity index (χ4v) is 5.67. The van der Waals surface area contributed by atoms with Gasteiger partial charge in [-0.05, 0) is 72.4 Å². The predicted molar refractivity (Wildman–Crippen MR) is 136 cm³/mol. The molecule has 1 N–H and O–H groups in total. The molecule has 1 amide bonds. The van der Waals surface area contributed by atoms with Crippen molar-refractivity contribution >= 4 is 11.6 Å². The van der Waals surface area contributed by atoms with Gasteiger partial charge in [-0.3, -0.25) is 19.8 Å². The molecule has 1 aliphatic carbocycles. The van der Waals surface area contributed by atoms with E-state index in [1.165, 1.54) is 19.3 Å². The smallest absolute Gasteiger partial charge is 0.277 e. The molecule has 2 aromatic heterocycles. The average Bonchev–Trinajstić information content (AvgIpc) is 3.49. The van der Waals surface area contributed by atoms with Crippen molar-refractivity contribution < 1.29 is 9.53 Å². The Labute approximate surface area is 205 Å². The number of benzene rings is 2. The first-order chi connectivity index (χ1) is 17.2. The van der Waals surface area contributed by atoms with E-state index in [1.54, 1.807) is 13.3 Å². The summed E-state index contributed by atoms with van der Waals surface area (Å²) in [5.74, 6) is 1.20. The molecule has 176 valence electrons. The van der Waals surface area contributed by atoms with E-state index in [-0.39, 0.29) is 11.9 Å². The Morgan fingerprint density at radius 3 is 2.34 bits per heavy atom. The van der Waals surface area contributed by atoms with Crippen molar-refractivity contribution in [1.29, 1.82) is 0 Å². The highest BCUT2D eigenvalue weighted by Gasteiger charge is 2.45. The van der Waals surface area contributed by atoms with E-state index in [1.807, 2.05) is 47.5 Å². The molecule has 4 aromatic rings. The van der Waals surface area contributed by atoms with Gasteiger partial charge in [0.15, 0.2) is 0 Å². The third-order valence-electron chi connectivity index (χ3n) is 7.41. The Morgan fingerprint density at radius 1 is 0.914 bits per heavy atom. The molecule has 3 heterocycles. The summed E-state index contributed by atoms with van der Waals surface area (Å²) < 4.78 is 5.33.